The van der Waals surface area contributed by atoms with Crippen LogP contribution in [0.25, 0.3) is 0 Å². The number of rotatable bonds is 6. The lowest BCUT2D eigenvalue weighted by Crippen LogP contribution is -2.27. The Morgan fingerprint density at radius 2 is 1.61 bits per heavy atom. The number of nitrogens with one attached hydrogen (secondary N) is 1. The van der Waals surface area contributed by atoms with E-state index in [2.05, 4.69) is 25.5 Å². The van der Waals surface area contributed by atoms with Gasteiger partial charge in [0.2, 0.25) is 5.91 Å². The van der Waals surface area contributed by atoms with Crippen LogP contribution in [0.5, 0.6) is 0 Å². The molecule has 12 heteroatoms. The van der Waals surface area contributed by atoms with E-state index in [1.807, 2.05) is 0 Å². The highest BCUT2D eigenvalue weighted by molar-refractivity contribution is 14.2. The van der Waals surface area contributed by atoms with E-state index in [1.165, 1.54) is 0 Å². The molecule has 1 aliphatic heterocycles. The number of anilines is 1. The molecule has 0 spiro atoms. The van der Waals surface area contributed by atoms with Gasteiger partial charge >= 0.3 is 6.18 Å². The Hall–Kier alpha value is -0.760. The number of nitrogens with zero attached hydrogens (tertiary/aromatic N) is 1. The molecule has 2 rings (SSSR count). The second-order valence-electron chi connectivity index (χ2n) is 6.39. The fraction of sp³-hybridized carbons (Fsp3) is 0.562. The number of halogens is 8. The number of hydrogen-bond donors (Lipinski definition) is 1. The van der Waals surface area contributed by atoms with Crippen molar-refractivity contribution in [3.05, 3.63) is 28.8 Å². The lowest BCUT2D eigenvalue weighted by molar-refractivity contribution is -0.143. The van der Waals surface area contributed by atoms with Crippen molar-refractivity contribution >= 4 is 41.9 Å². The van der Waals surface area contributed by atoms with Gasteiger partial charge in [-0.3, -0.25) is 4.79 Å². The lowest BCUT2D eigenvalue weighted by Gasteiger charge is -2.29. The topological polar surface area (TPSA) is 32.3 Å². The Kier molecular flexibility index (Phi) is 8.26. The Labute approximate surface area is 173 Å². The zero-order chi connectivity index (χ0) is 21.1. The highest BCUT2D eigenvalue weighted by Crippen LogP contribution is 2.38. The molecule has 1 aliphatic rings. The maximum atomic E-state index is 13.8. The molecule has 0 bridgehead atoms. The van der Waals surface area contributed by atoms with Crippen molar-refractivity contribution in [2.45, 2.75) is 38.3 Å². The van der Waals surface area contributed by atoms with Gasteiger partial charge in [0.1, 0.15) is 11.3 Å². The zero-order valence-electron chi connectivity index (χ0n) is 14.3. The first kappa shape index (κ1) is 23.5. The number of piperidine rings is 1. The van der Waals surface area contributed by atoms with Crippen molar-refractivity contribution in [3.63, 3.8) is 0 Å². The van der Waals surface area contributed by atoms with Gasteiger partial charge in [0.05, 0.1) is 0 Å². The molecule has 0 aliphatic carbocycles. The van der Waals surface area contributed by atoms with Crippen molar-refractivity contribution in [2.24, 2.45) is 5.92 Å². The van der Waals surface area contributed by atoms with Crippen LogP contribution in [0, 0.1) is 29.2 Å². The average molecular weight is 544 g/mol. The number of hydrogen-bond acceptors (Lipinski definition) is 3. The third kappa shape index (κ3) is 5.65. The summed E-state index contributed by atoms with van der Waals surface area (Å²) < 4.78 is 94.5. The summed E-state index contributed by atoms with van der Waals surface area (Å²) >= 11 is 2.19. The Balaban J connectivity index is 1.97. The molecular weight excluding hydrogens is 528 g/mol. The molecule has 1 aromatic rings. The van der Waals surface area contributed by atoms with Crippen LogP contribution in [0.2, 0.25) is 0 Å². The third-order valence-corrected chi connectivity index (χ3v) is 6.73. The minimum atomic E-state index is -5.62. The highest BCUT2D eigenvalue weighted by Gasteiger charge is 2.42. The van der Waals surface area contributed by atoms with Crippen LogP contribution in [-0.4, -0.2) is 23.3 Å². The van der Waals surface area contributed by atoms with Gasteiger partial charge in [-0.25, -0.2) is 21.9 Å². The standard InChI is InChI=1S/C16H16F7IN2OS/c17-11-10(16(21,22)23)12(18)14(20)15(13(11)19)25-9(27)3-1-2-8-4-6-26(28-24)7-5-8/h8H,1-7H2,(H,25,27). The van der Waals surface area contributed by atoms with Gasteiger partial charge in [-0.1, -0.05) is 0 Å². The van der Waals surface area contributed by atoms with E-state index in [4.69, 9.17) is 0 Å². The normalized spacial score (nSPS) is 16.4. The van der Waals surface area contributed by atoms with Gasteiger partial charge in [-0.15, -0.1) is 0 Å². The number of carbonyl (C=O) groups excluding carboxylic acids is 1. The molecule has 1 saturated heterocycles. The molecule has 158 valence electrons. The molecule has 3 nitrogen and oxygen atoms in total. The zero-order valence-corrected chi connectivity index (χ0v) is 17.3. The van der Waals surface area contributed by atoms with E-state index < -0.39 is 46.6 Å². The molecule has 0 unspecified atom stereocenters. The van der Waals surface area contributed by atoms with Crippen molar-refractivity contribution in [1.82, 2.24) is 4.31 Å². The molecule has 1 heterocycles. The first-order valence-corrected chi connectivity index (χ1v) is 11.6. The van der Waals surface area contributed by atoms with Crippen LogP contribution < -0.4 is 5.32 Å². The van der Waals surface area contributed by atoms with E-state index in [9.17, 15) is 35.5 Å². The highest BCUT2D eigenvalue weighted by atomic mass is 127. The molecule has 1 aromatic carbocycles. The lowest BCUT2D eigenvalue weighted by atomic mass is 9.92. The molecule has 0 saturated carbocycles. The van der Waals surface area contributed by atoms with Gasteiger partial charge < -0.3 is 5.32 Å². The average Bonchev–Trinajstić information content (AvgIpc) is 2.63. The summed E-state index contributed by atoms with van der Waals surface area (Å²) in [4.78, 5) is 11.8. The second-order valence-corrected chi connectivity index (χ2v) is 8.22. The van der Waals surface area contributed by atoms with E-state index in [0.29, 0.717) is 18.8 Å². The van der Waals surface area contributed by atoms with Crippen LogP contribution in [0.1, 0.15) is 37.7 Å². The van der Waals surface area contributed by atoms with Gasteiger partial charge in [-0.2, -0.15) is 13.2 Å². The van der Waals surface area contributed by atoms with Crippen molar-refractivity contribution in [2.75, 3.05) is 18.4 Å². The predicted octanol–water partition coefficient (Wildman–Crippen LogP) is 6.08. The van der Waals surface area contributed by atoms with Gasteiger partial charge in [0.25, 0.3) is 0 Å². The molecule has 1 N–H and O–H groups in total. The number of amides is 1. The van der Waals surface area contributed by atoms with Gasteiger partial charge in [-0.05, 0) is 40.7 Å². The smallest absolute Gasteiger partial charge is 0.321 e. The summed E-state index contributed by atoms with van der Waals surface area (Å²) in [7, 11) is 1.62. The molecule has 28 heavy (non-hydrogen) atoms. The monoisotopic (exact) mass is 544 g/mol. The quantitative estimate of drug-likeness (QED) is 0.204. The van der Waals surface area contributed by atoms with Crippen LogP contribution in [-0.2, 0) is 11.0 Å². The summed E-state index contributed by atoms with van der Waals surface area (Å²) in [5.41, 5.74) is -4.23. The maximum absolute atomic E-state index is 13.8. The predicted molar refractivity (Wildman–Crippen MR) is 99.7 cm³/mol. The van der Waals surface area contributed by atoms with Crippen molar-refractivity contribution < 1.29 is 35.5 Å². The van der Waals surface area contributed by atoms with E-state index >= 15 is 0 Å². The van der Waals surface area contributed by atoms with E-state index in [1.54, 1.807) is 14.4 Å². The van der Waals surface area contributed by atoms with Gasteiger partial charge in [0, 0.05) is 40.7 Å². The Bertz CT molecular complexity index is 695. The molecule has 1 amide bonds. The Morgan fingerprint density at radius 3 is 2.07 bits per heavy atom. The molecular formula is C16H16F7IN2OS. The van der Waals surface area contributed by atoms with E-state index in [0.717, 1.165) is 25.9 Å². The minimum Gasteiger partial charge on any atom is -0.321 e. The molecule has 0 atom stereocenters. The summed E-state index contributed by atoms with van der Waals surface area (Å²) in [6, 6.07) is 0. The van der Waals surface area contributed by atoms with E-state index in [-0.39, 0.29) is 6.42 Å². The summed E-state index contributed by atoms with van der Waals surface area (Å²) in [6.07, 6.45) is -2.85. The van der Waals surface area contributed by atoms with Crippen molar-refractivity contribution in [3.8, 4) is 0 Å². The third-order valence-electron chi connectivity index (χ3n) is 4.50. The number of benzene rings is 1. The summed E-state index contributed by atoms with van der Waals surface area (Å²) in [6.45, 7) is 1.82. The largest absolute Gasteiger partial charge is 0.422 e. The van der Waals surface area contributed by atoms with Crippen LogP contribution in [0.3, 0.4) is 0 Å². The van der Waals surface area contributed by atoms with Crippen LogP contribution in [0.15, 0.2) is 0 Å². The molecule has 1 fully saturated rings. The second kappa shape index (κ2) is 9.83. The number of alkyl halides is 3. The maximum Gasteiger partial charge on any atom is 0.422 e. The first-order valence-electron chi connectivity index (χ1n) is 8.32. The first-order chi connectivity index (χ1) is 13.1. The minimum absolute atomic E-state index is 0.176. The van der Waals surface area contributed by atoms with Gasteiger partial charge in [0.15, 0.2) is 23.3 Å². The Morgan fingerprint density at radius 1 is 1.07 bits per heavy atom. The van der Waals surface area contributed by atoms with Crippen molar-refractivity contribution in [1.29, 1.82) is 0 Å². The summed E-state index contributed by atoms with van der Waals surface area (Å²) in [5, 5.41) is 1.64. The number of carbonyl (C=O) groups is 1. The SMILES string of the molecule is O=C(CCCC1CCN(SI)CC1)Nc1c(F)c(F)c(C(F)(F)F)c(F)c1F. The summed E-state index contributed by atoms with van der Waals surface area (Å²) in [5.74, 6) is -10.3. The van der Waals surface area contributed by atoms with Crippen LogP contribution >= 0.6 is 30.3 Å². The van der Waals surface area contributed by atoms with Crippen LogP contribution in [0.4, 0.5) is 36.4 Å². The fourth-order valence-electron chi connectivity index (χ4n) is 3.01. The molecule has 0 radical (unpaired) electrons. The molecule has 0 aromatic heterocycles. The fourth-order valence-corrected chi connectivity index (χ4v) is 4.54.